The number of nitrogens with zero attached hydrogens (tertiary/aromatic N) is 3. The van der Waals surface area contributed by atoms with E-state index in [0.29, 0.717) is 5.69 Å². The first kappa shape index (κ1) is 19.4. The van der Waals surface area contributed by atoms with E-state index in [0.717, 1.165) is 44.1 Å². The van der Waals surface area contributed by atoms with Crippen LogP contribution in [0.3, 0.4) is 0 Å². The zero-order valence-electron chi connectivity index (χ0n) is 16.6. The van der Waals surface area contributed by atoms with Crippen molar-refractivity contribution in [2.24, 2.45) is 5.92 Å². The number of carbonyl (C=O) groups is 1. The predicted molar refractivity (Wildman–Crippen MR) is 111 cm³/mol. The van der Waals surface area contributed by atoms with E-state index in [2.05, 4.69) is 47.1 Å². The highest BCUT2D eigenvalue weighted by molar-refractivity contribution is 5.92. The normalized spacial score (nSPS) is 15.0. The van der Waals surface area contributed by atoms with Crippen LogP contribution in [0.25, 0.3) is 0 Å². The molecule has 1 aromatic carbocycles. The van der Waals surface area contributed by atoms with Crippen molar-refractivity contribution in [3.8, 4) is 0 Å². The molecule has 1 aliphatic heterocycles. The molecule has 4 heteroatoms. The van der Waals surface area contributed by atoms with Gasteiger partial charge in [-0.1, -0.05) is 43.7 Å². The lowest BCUT2D eigenvalue weighted by Gasteiger charge is -2.33. The topological polar surface area (TPSA) is 36.4 Å². The van der Waals surface area contributed by atoms with Gasteiger partial charge in [-0.3, -0.25) is 4.79 Å². The lowest BCUT2D eigenvalue weighted by molar-refractivity contribution is 0.0787. The molecule has 4 nitrogen and oxygen atoms in total. The Morgan fingerprint density at radius 3 is 2.52 bits per heavy atom. The molecule has 2 aromatic rings. The number of benzene rings is 1. The average molecular weight is 366 g/mol. The third kappa shape index (κ3) is 5.31. The van der Waals surface area contributed by atoms with Crippen molar-refractivity contribution in [1.82, 2.24) is 9.88 Å². The van der Waals surface area contributed by atoms with Gasteiger partial charge in [-0.15, -0.1) is 0 Å². The zero-order chi connectivity index (χ0) is 19.1. The quantitative estimate of drug-likeness (QED) is 0.729. The smallest absolute Gasteiger partial charge is 0.272 e. The molecule has 0 unspecified atom stereocenters. The molecule has 3 rings (SSSR count). The number of hydrogen-bond acceptors (Lipinski definition) is 3. The molecule has 0 radical (unpaired) electrons. The highest BCUT2D eigenvalue weighted by Gasteiger charge is 2.20. The van der Waals surface area contributed by atoms with Gasteiger partial charge in [0.25, 0.3) is 5.91 Å². The van der Waals surface area contributed by atoms with E-state index in [1.54, 1.807) is 4.90 Å². The lowest BCUT2D eigenvalue weighted by Crippen LogP contribution is -2.34. The van der Waals surface area contributed by atoms with Crippen molar-refractivity contribution in [1.29, 1.82) is 0 Å². The van der Waals surface area contributed by atoms with Gasteiger partial charge in [0, 0.05) is 26.7 Å². The fourth-order valence-electron chi connectivity index (χ4n) is 3.73. The highest BCUT2D eigenvalue weighted by Crippen LogP contribution is 2.25. The van der Waals surface area contributed by atoms with Crippen LogP contribution >= 0.6 is 0 Å². The minimum absolute atomic E-state index is 0.0107. The van der Waals surface area contributed by atoms with E-state index in [-0.39, 0.29) is 5.91 Å². The predicted octanol–water partition coefficient (Wildman–Crippen LogP) is 4.41. The van der Waals surface area contributed by atoms with Gasteiger partial charge < -0.3 is 9.80 Å². The van der Waals surface area contributed by atoms with Crippen molar-refractivity contribution < 1.29 is 4.79 Å². The van der Waals surface area contributed by atoms with Crippen LogP contribution in [0.2, 0.25) is 0 Å². The fourth-order valence-corrected chi connectivity index (χ4v) is 3.73. The molecule has 0 bridgehead atoms. The average Bonchev–Trinajstić information content (AvgIpc) is 2.73. The Hall–Kier alpha value is -2.36. The summed E-state index contributed by atoms with van der Waals surface area (Å²) in [5.74, 6) is 0.765. The molecular formula is C23H31N3O. The largest absolute Gasteiger partial charge is 0.370 e. The first-order valence-electron chi connectivity index (χ1n) is 10.2. The molecule has 0 saturated carbocycles. The van der Waals surface area contributed by atoms with Crippen molar-refractivity contribution in [2.75, 3.05) is 31.6 Å². The second kappa shape index (κ2) is 9.54. The van der Waals surface area contributed by atoms with Gasteiger partial charge in [0.05, 0.1) is 11.9 Å². The van der Waals surface area contributed by atoms with Crippen molar-refractivity contribution in [3.05, 3.63) is 59.9 Å². The molecule has 1 aromatic heterocycles. The van der Waals surface area contributed by atoms with Crippen LogP contribution in [-0.2, 0) is 6.42 Å². The Morgan fingerprint density at radius 1 is 1.15 bits per heavy atom. The third-order valence-corrected chi connectivity index (χ3v) is 5.51. The SMILES string of the molecule is CCCCN(C)C(=O)c1ccc(N2CCC(Cc3ccccc3)CC2)cn1. The molecule has 144 valence electrons. The Balaban J connectivity index is 1.52. The van der Waals surface area contributed by atoms with E-state index in [9.17, 15) is 4.79 Å². The van der Waals surface area contributed by atoms with Gasteiger partial charge in [0.15, 0.2) is 0 Å². The fraction of sp³-hybridized carbons (Fsp3) is 0.478. The van der Waals surface area contributed by atoms with Crippen molar-refractivity contribution in [3.63, 3.8) is 0 Å². The van der Waals surface area contributed by atoms with Gasteiger partial charge in [0.2, 0.25) is 0 Å². The van der Waals surface area contributed by atoms with E-state index in [4.69, 9.17) is 0 Å². The van der Waals surface area contributed by atoms with Crippen LogP contribution in [-0.4, -0.2) is 42.5 Å². The Kier molecular flexibility index (Phi) is 6.86. The van der Waals surface area contributed by atoms with Gasteiger partial charge in [-0.25, -0.2) is 4.98 Å². The van der Waals surface area contributed by atoms with Crippen LogP contribution in [0.5, 0.6) is 0 Å². The number of aromatic nitrogens is 1. The summed E-state index contributed by atoms with van der Waals surface area (Å²) in [6, 6.07) is 14.7. The number of hydrogen-bond donors (Lipinski definition) is 0. The van der Waals surface area contributed by atoms with Crippen LogP contribution in [0.1, 0.15) is 48.7 Å². The Morgan fingerprint density at radius 2 is 1.89 bits per heavy atom. The van der Waals surface area contributed by atoms with Gasteiger partial charge in [0.1, 0.15) is 5.69 Å². The Labute approximate surface area is 163 Å². The molecule has 1 aliphatic rings. The van der Waals surface area contributed by atoms with Crippen LogP contribution in [0.15, 0.2) is 48.7 Å². The number of unbranched alkanes of at least 4 members (excludes halogenated alkanes) is 1. The number of piperidine rings is 1. The summed E-state index contributed by atoms with van der Waals surface area (Å²) in [5.41, 5.74) is 3.10. The number of amides is 1. The maximum absolute atomic E-state index is 12.4. The summed E-state index contributed by atoms with van der Waals surface area (Å²) in [6.45, 7) is 5.04. The molecule has 0 atom stereocenters. The summed E-state index contributed by atoms with van der Waals surface area (Å²) in [5, 5.41) is 0. The maximum atomic E-state index is 12.4. The molecule has 2 heterocycles. The van der Waals surface area contributed by atoms with E-state index >= 15 is 0 Å². The lowest BCUT2D eigenvalue weighted by atomic mass is 9.90. The number of carbonyl (C=O) groups excluding carboxylic acids is 1. The number of anilines is 1. The van der Waals surface area contributed by atoms with Crippen LogP contribution < -0.4 is 4.90 Å². The summed E-state index contributed by atoms with van der Waals surface area (Å²) in [6.07, 6.45) is 7.55. The van der Waals surface area contributed by atoms with Gasteiger partial charge >= 0.3 is 0 Å². The van der Waals surface area contributed by atoms with Gasteiger partial charge in [-0.2, -0.15) is 0 Å². The van der Waals surface area contributed by atoms with Crippen molar-refractivity contribution >= 4 is 11.6 Å². The first-order valence-corrected chi connectivity index (χ1v) is 10.2. The number of rotatable bonds is 7. The second-order valence-corrected chi connectivity index (χ2v) is 7.60. The maximum Gasteiger partial charge on any atom is 0.272 e. The highest BCUT2D eigenvalue weighted by atomic mass is 16.2. The zero-order valence-corrected chi connectivity index (χ0v) is 16.6. The standard InChI is InChI=1S/C23H31N3O/c1-3-4-14-25(2)23(27)22-11-10-21(18-24-22)26-15-12-20(13-16-26)17-19-8-6-5-7-9-19/h5-11,18,20H,3-4,12-17H2,1-2H3. The molecule has 0 spiro atoms. The van der Waals surface area contributed by atoms with E-state index in [1.807, 2.05) is 25.4 Å². The summed E-state index contributed by atoms with van der Waals surface area (Å²) in [4.78, 5) is 21.0. The summed E-state index contributed by atoms with van der Waals surface area (Å²) in [7, 11) is 1.85. The molecule has 1 fully saturated rings. The second-order valence-electron chi connectivity index (χ2n) is 7.60. The summed E-state index contributed by atoms with van der Waals surface area (Å²) >= 11 is 0. The third-order valence-electron chi connectivity index (χ3n) is 5.51. The molecule has 0 aliphatic carbocycles. The Bertz CT molecular complexity index is 706. The van der Waals surface area contributed by atoms with Crippen LogP contribution in [0.4, 0.5) is 5.69 Å². The minimum Gasteiger partial charge on any atom is -0.370 e. The minimum atomic E-state index is 0.0107. The number of pyridine rings is 1. The monoisotopic (exact) mass is 365 g/mol. The van der Waals surface area contributed by atoms with Crippen molar-refractivity contribution in [2.45, 2.75) is 39.0 Å². The summed E-state index contributed by atoms with van der Waals surface area (Å²) < 4.78 is 0. The molecular weight excluding hydrogens is 334 g/mol. The molecule has 0 N–H and O–H groups in total. The molecule has 27 heavy (non-hydrogen) atoms. The van der Waals surface area contributed by atoms with Gasteiger partial charge in [-0.05, 0) is 49.3 Å². The first-order chi connectivity index (χ1) is 13.2. The van der Waals surface area contributed by atoms with Crippen LogP contribution in [0, 0.1) is 5.92 Å². The molecule has 1 saturated heterocycles. The van der Waals surface area contributed by atoms with E-state index in [1.165, 1.54) is 24.8 Å². The van der Waals surface area contributed by atoms with E-state index < -0.39 is 0 Å². The molecule has 1 amide bonds.